The molecule has 0 unspecified atom stereocenters. The Kier molecular flexibility index (Phi) is 4.66. The van der Waals surface area contributed by atoms with E-state index in [1.165, 1.54) is 0 Å². The highest BCUT2D eigenvalue weighted by atomic mass is 79.9. The molecule has 0 aliphatic rings. The molecule has 0 amide bonds. The van der Waals surface area contributed by atoms with Gasteiger partial charge in [0.25, 0.3) is 0 Å². The molecule has 4 nitrogen and oxygen atoms in total. The maximum Gasteiger partial charge on any atom is 0.222 e. The van der Waals surface area contributed by atoms with Crippen molar-refractivity contribution in [2.24, 2.45) is 0 Å². The van der Waals surface area contributed by atoms with Crippen LogP contribution in [0.1, 0.15) is 6.42 Å². The van der Waals surface area contributed by atoms with Crippen LogP contribution in [0.5, 0.6) is 0 Å². The molecule has 0 radical (unpaired) electrons. The Labute approximate surface area is 114 Å². The molecule has 2 N–H and O–H groups in total. The number of hydrogen-bond donors (Lipinski definition) is 2. The number of aliphatic hydroxyl groups excluding tert-OH is 1. The van der Waals surface area contributed by atoms with Crippen LogP contribution < -0.4 is 5.32 Å². The minimum Gasteiger partial charge on any atom is -0.396 e. The van der Waals surface area contributed by atoms with Crippen molar-refractivity contribution >= 4 is 21.9 Å². The fourth-order valence-electron chi connectivity index (χ4n) is 1.49. The van der Waals surface area contributed by atoms with Crippen LogP contribution in [0.15, 0.2) is 41.1 Å². The van der Waals surface area contributed by atoms with E-state index in [0.717, 1.165) is 15.6 Å². The number of nitrogens with one attached hydrogen (secondary N) is 1. The predicted molar refractivity (Wildman–Crippen MR) is 75.4 cm³/mol. The van der Waals surface area contributed by atoms with E-state index in [4.69, 9.17) is 5.11 Å². The molecule has 0 atom stereocenters. The van der Waals surface area contributed by atoms with E-state index in [1.54, 1.807) is 12.4 Å². The lowest BCUT2D eigenvalue weighted by Crippen LogP contribution is -2.06. The first-order valence-corrected chi connectivity index (χ1v) is 6.51. The average Bonchev–Trinajstić information content (AvgIpc) is 2.41. The van der Waals surface area contributed by atoms with Gasteiger partial charge in [0.1, 0.15) is 0 Å². The summed E-state index contributed by atoms with van der Waals surface area (Å²) in [5, 5.41) is 11.7. The molecule has 94 valence electrons. The summed E-state index contributed by atoms with van der Waals surface area (Å²) in [5.41, 5.74) is 2.07. The molecule has 0 saturated heterocycles. The summed E-state index contributed by atoms with van der Waals surface area (Å²) >= 11 is 3.40. The molecule has 5 heteroatoms. The van der Waals surface area contributed by atoms with Crippen molar-refractivity contribution in [2.45, 2.75) is 6.42 Å². The molecule has 0 saturated carbocycles. The monoisotopic (exact) mass is 307 g/mol. The molecule has 1 aromatic carbocycles. The van der Waals surface area contributed by atoms with Crippen molar-refractivity contribution in [1.82, 2.24) is 9.97 Å². The third-order valence-corrected chi connectivity index (χ3v) is 2.98. The van der Waals surface area contributed by atoms with Crippen LogP contribution in [0.3, 0.4) is 0 Å². The van der Waals surface area contributed by atoms with E-state index >= 15 is 0 Å². The molecule has 0 spiro atoms. The topological polar surface area (TPSA) is 58.0 Å². The molecular weight excluding hydrogens is 294 g/mol. The van der Waals surface area contributed by atoms with Crippen LogP contribution in [0.4, 0.5) is 5.95 Å². The Balaban J connectivity index is 2.05. The van der Waals surface area contributed by atoms with Gasteiger partial charge >= 0.3 is 0 Å². The third kappa shape index (κ3) is 3.51. The molecule has 2 rings (SSSR count). The largest absolute Gasteiger partial charge is 0.396 e. The van der Waals surface area contributed by atoms with E-state index in [9.17, 15) is 0 Å². The van der Waals surface area contributed by atoms with Crippen LogP contribution in [-0.2, 0) is 0 Å². The minimum atomic E-state index is 0.171. The lowest BCUT2D eigenvalue weighted by Gasteiger charge is -2.05. The quantitative estimate of drug-likeness (QED) is 0.834. The van der Waals surface area contributed by atoms with Crippen LogP contribution >= 0.6 is 15.9 Å². The first-order valence-electron chi connectivity index (χ1n) is 5.72. The van der Waals surface area contributed by atoms with Gasteiger partial charge in [0.05, 0.1) is 0 Å². The van der Waals surface area contributed by atoms with Crippen molar-refractivity contribution in [2.75, 3.05) is 18.5 Å². The normalized spacial score (nSPS) is 10.3. The zero-order valence-corrected chi connectivity index (χ0v) is 11.4. The highest BCUT2D eigenvalue weighted by Gasteiger charge is 2.00. The second kappa shape index (κ2) is 6.47. The number of anilines is 1. The Bertz CT molecular complexity index is 485. The zero-order chi connectivity index (χ0) is 12.8. The van der Waals surface area contributed by atoms with Gasteiger partial charge in [-0.25, -0.2) is 9.97 Å². The second-order valence-electron chi connectivity index (χ2n) is 3.81. The van der Waals surface area contributed by atoms with Crippen molar-refractivity contribution < 1.29 is 5.11 Å². The highest BCUT2D eigenvalue weighted by Crippen LogP contribution is 2.20. The first-order chi connectivity index (χ1) is 8.79. The molecule has 0 bridgehead atoms. The van der Waals surface area contributed by atoms with Crippen molar-refractivity contribution in [1.29, 1.82) is 0 Å². The lowest BCUT2D eigenvalue weighted by atomic mass is 10.1. The van der Waals surface area contributed by atoms with E-state index in [0.29, 0.717) is 18.9 Å². The van der Waals surface area contributed by atoms with E-state index in [2.05, 4.69) is 31.2 Å². The number of aromatic nitrogens is 2. The SMILES string of the molecule is OCCCNc1ncc(-c2ccc(Br)cc2)cn1. The smallest absolute Gasteiger partial charge is 0.222 e. The van der Waals surface area contributed by atoms with E-state index in [-0.39, 0.29) is 6.61 Å². The highest BCUT2D eigenvalue weighted by molar-refractivity contribution is 9.10. The van der Waals surface area contributed by atoms with Crippen molar-refractivity contribution in [3.05, 3.63) is 41.1 Å². The number of rotatable bonds is 5. The van der Waals surface area contributed by atoms with Gasteiger partial charge in [-0.2, -0.15) is 0 Å². The van der Waals surface area contributed by atoms with Crippen LogP contribution in [0.25, 0.3) is 11.1 Å². The van der Waals surface area contributed by atoms with Crippen molar-refractivity contribution in [3.8, 4) is 11.1 Å². The molecular formula is C13H14BrN3O. The predicted octanol–water partition coefficient (Wildman–Crippen LogP) is 2.70. The Morgan fingerprint density at radius 3 is 2.33 bits per heavy atom. The summed E-state index contributed by atoms with van der Waals surface area (Å²) in [4.78, 5) is 8.47. The van der Waals surface area contributed by atoms with Gasteiger partial charge in [-0.15, -0.1) is 0 Å². The number of benzene rings is 1. The number of aliphatic hydroxyl groups is 1. The standard InChI is InChI=1S/C13H14BrN3O/c14-12-4-2-10(3-5-12)11-8-16-13(17-9-11)15-6-1-7-18/h2-5,8-9,18H,1,6-7H2,(H,15,16,17). The van der Waals surface area contributed by atoms with Gasteiger partial charge in [0.2, 0.25) is 5.95 Å². The fourth-order valence-corrected chi connectivity index (χ4v) is 1.75. The first kappa shape index (κ1) is 13.0. The van der Waals surface area contributed by atoms with Gasteiger partial charge in [0.15, 0.2) is 0 Å². The zero-order valence-electron chi connectivity index (χ0n) is 9.81. The maximum atomic E-state index is 8.67. The van der Waals surface area contributed by atoms with Gasteiger partial charge in [-0.1, -0.05) is 28.1 Å². The maximum absolute atomic E-state index is 8.67. The summed E-state index contributed by atoms with van der Waals surface area (Å²) in [6.07, 6.45) is 4.27. The van der Waals surface area contributed by atoms with Gasteiger partial charge in [0, 0.05) is 35.6 Å². The Hall–Kier alpha value is -1.46. The number of nitrogens with zero attached hydrogens (tertiary/aromatic N) is 2. The van der Waals surface area contributed by atoms with Crippen molar-refractivity contribution in [3.63, 3.8) is 0 Å². The van der Waals surface area contributed by atoms with E-state index in [1.807, 2.05) is 24.3 Å². The summed E-state index contributed by atoms with van der Waals surface area (Å²) in [6, 6.07) is 8.01. The van der Waals surface area contributed by atoms with Gasteiger partial charge in [-0.3, -0.25) is 0 Å². The van der Waals surface area contributed by atoms with Gasteiger partial charge < -0.3 is 10.4 Å². The Morgan fingerprint density at radius 2 is 1.72 bits per heavy atom. The number of hydrogen-bond acceptors (Lipinski definition) is 4. The summed E-state index contributed by atoms with van der Waals surface area (Å²) in [5.74, 6) is 0.587. The minimum absolute atomic E-state index is 0.171. The van der Waals surface area contributed by atoms with Crippen LogP contribution in [-0.4, -0.2) is 28.2 Å². The molecule has 0 aliphatic carbocycles. The molecule has 1 aromatic heterocycles. The summed E-state index contributed by atoms with van der Waals surface area (Å²) < 4.78 is 1.05. The third-order valence-electron chi connectivity index (χ3n) is 2.45. The summed E-state index contributed by atoms with van der Waals surface area (Å²) in [7, 11) is 0. The average molecular weight is 308 g/mol. The molecule has 2 aromatic rings. The van der Waals surface area contributed by atoms with Crippen LogP contribution in [0, 0.1) is 0 Å². The summed E-state index contributed by atoms with van der Waals surface area (Å²) in [6.45, 7) is 0.845. The molecule has 1 heterocycles. The van der Waals surface area contributed by atoms with Crippen LogP contribution in [0.2, 0.25) is 0 Å². The fraction of sp³-hybridized carbons (Fsp3) is 0.231. The second-order valence-corrected chi connectivity index (χ2v) is 4.72. The van der Waals surface area contributed by atoms with Gasteiger partial charge in [-0.05, 0) is 24.1 Å². The molecule has 18 heavy (non-hydrogen) atoms. The Morgan fingerprint density at radius 1 is 1.06 bits per heavy atom. The van der Waals surface area contributed by atoms with E-state index < -0.39 is 0 Å². The number of halogens is 1. The lowest BCUT2D eigenvalue weighted by molar-refractivity contribution is 0.292. The molecule has 0 fully saturated rings. The molecule has 0 aliphatic heterocycles.